The molecule has 19 heavy (non-hydrogen) atoms. The van der Waals surface area contributed by atoms with Crippen molar-refractivity contribution in [3.8, 4) is 0 Å². The molecule has 0 spiro atoms. The first-order valence-electron chi connectivity index (χ1n) is 6.47. The molecule has 0 fully saturated rings. The van der Waals surface area contributed by atoms with Gasteiger partial charge in [0, 0.05) is 0 Å². The zero-order valence-corrected chi connectivity index (χ0v) is 11.6. The van der Waals surface area contributed by atoms with Crippen molar-refractivity contribution in [2.24, 2.45) is 0 Å². The number of benzene rings is 1. The van der Waals surface area contributed by atoms with Crippen LogP contribution in [-0.4, -0.2) is 5.97 Å². The van der Waals surface area contributed by atoms with Gasteiger partial charge < -0.3 is 4.74 Å². The van der Waals surface area contributed by atoms with Crippen molar-refractivity contribution in [1.82, 2.24) is 0 Å². The first kappa shape index (κ1) is 15.0. The van der Waals surface area contributed by atoms with Gasteiger partial charge in [-0.15, -0.1) is 0 Å². The number of carbonyl (C=O) groups excluding carboxylic acids is 1. The first-order chi connectivity index (χ1) is 9.21. The second-order valence-corrected chi connectivity index (χ2v) is 4.14. The van der Waals surface area contributed by atoms with E-state index in [9.17, 15) is 4.79 Å². The van der Waals surface area contributed by atoms with Crippen molar-refractivity contribution < 1.29 is 9.53 Å². The van der Waals surface area contributed by atoms with Gasteiger partial charge in [-0.3, -0.25) is 0 Å². The van der Waals surface area contributed by atoms with Crippen LogP contribution in [0, 0.1) is 0 Å². The number of hydrogen-bond acceptors (Lipinski definition) is 2. The van der Waals surface area contributed by atoms with Crippen LogP contribution in [0.4, 0.5) is 0 Å². The highest BCUT2D eigenvalue weighted by atomic mass is 16.5. The van der Waals surface area contributed by atoms with Crippen LogP contribution in [0.15, 0.2) is 60.9 Å². The van der Waals surface area contributed by atoms with Gasteiger partial charge in [0.25, 0.3) is 0 Å². The SMILES string of the molecule is C=C/C=C(\C=C/C)OC(=O)c1ccc(CCC)cc1. The molecule has 0 radical (unpaired) electrons. The predicted molar refractivity (Wildman–Crippen MR) is 78.9 cm³/mol. The maximum atomic E-state index is 11.9. The molecule has 0 N–H and O–H groups in total. The van der Waals surface area contributed by atoms with Gasteiger partial charge in [-0.1, -0.05) is 44.2 Å². The van der Waals surface area contributed by atoms with Crippen molar-refractivity contribution in [1.29, 1.82) is 0 Å². The second-order valence-electron chi connectivity index (χ2n) is 4.14. The number of rotatable bonds is 6. The molecule has 2 nitrogen and oxygen atoms in total. The summed E-state index contributed by atoms with van der Waals surface area (Å²) in [7, 11) is 0. The van der Waals surface area contributed by atoms with E-state index in [-0.39, 0.29) is 5.97 Å². The third kappa shape index (κ3) is 4.96. The normalized spacial score (nSPS) is 11.6. The van der Waals surface area contributed by atoms with Crippen LogP contribution in [0.25, 0.3) is 0 Å². The lowest BCUT2D eigenvalue weighted by Crippen LogP contribution is -2.04. The minimum atomic E-state index is -0.353. The number of ether oxygens (including phenoxy) is 1. The molecule has 0 aliphatic carbocycles. The molecular weight excluding hydrogens is 236 g/mol. The molecule has 0 atom stereocenters. The molecular formula is C17H20O2. The average Bonchev–Trinajstić information content (AvgIpc) is 2.40. The van der Waals surface area contributed by atoms with Gasteiger partial charge in [0.05, 0.1) is 5.56 Å². The lowest BCUT2D eigenvalue weighted by molar-refractivity contribution is 0.0637. The van der Waals surface area contributed by atoms with Gasteiger partial charge in [-0.25, -0.2) is 4.79 Å². The molecule has 1 rings (SSSR count). The number of allylic oxidation sites excluding steroid dienone is 4. The summed E-state index contributed by atoms with van der Waals surface area (Å²) in [4.78, 5) is 11.9. The summed E-state index contributed by atoms with van der Waals surface area (Å²) in [6.07, 6.45) is 8.90. The Hall–Kier alpha value is -2.09. The Morgan fingerprint density at radius 2 is 2.00 bits per heavy atom. The van der Waals surface area contributed by atoms with Crippen molar-refractivity contribution >= 4 is 5.97 Å². The molecule has 0 bridgehead atoms. The van der Waals surface area contributed by atoms with E-state index >= 15 is 0 Å². The third-order valence-electron chi connectivity index (χ3n) is 2.55. The Bertz CT molecular complexity index is 478. The smallest absolute Gasteiger partial charge is 0.343 e. The first-order valence-corrected chi connectivity index (χ1v) is 6.47. The van der Waals surface area contributed by atoms with E-state index in [0.29, 0.717) is 11.3 Å². The highest BCUT2D eigenvalue weighted by molar-refractivity contribution is 5.90. The molecule has 2 heteroatoms. The summed E-state index contributed by atoms with van der Waals surface area (Å²) >= 11 is 0. The van der Waals surface area contributed by atoms with E-state index < -0.39 is 0 Å². The molecule has 0 saturated heterocycles. The van der Waals surface area contributed by atoms with E-state index in [4.69, 9.17) is 4.74 Å². The Balaban J connectivity index is 2.77. The molecule has 0 heterocycles. The fourth-order valence-corrected chi connectivity index (χ4v) is 1.67. The lowest BCUT2D eigenvalue weighted by Gasteiger charge is -2.05. The quantitative estimate of drug-likeness (QED) is 0.427. The van der Waals surface area contributed by atoms with Crippen molar-refractivity contribution in [3.63, 3.8) is 0 Å². The van der Waals surface area contributed by atoms with Crippen LogP contribution in [0.3, 0.4) is 0 Å². The zero-order chi connectivity index (χ0) is 14.1. The maximum absolute atomic E-state index is 11.9. The van der Waals surface area contributed by atoms with Crippen LogP contribution in [0.2, 0.25) is 0 Å². The summed E-state index contributed by atoms with van der Waals surface area (Å²) in [6.45, 7) is 7.59. The summed E-state index contributed by atoms with van der Waals surface area (Å²) in [5.74, 6) is 0.134. The molecule has 0 aliphatic heterocycles. The monoisotopic (exact) mass is 256 g/mol. The van der Waals surface area contributed by atoms with Gasteiger partial charge in [-0.05, 0) is 43.2 Å². The summed E-state index contributed by atoms with van der Waals surface area (Å²) in [6, 6.07) is 7.53. The maximum Gasteiger partial charge on any atom is 0.343 e. The fraction of sp³-hybridized carbons (Fsp3) is 0.235. The standard InChI is InChI=1S/C17H20O2/c1-4-7-14-10-12-15(13-11-14)17(18)19-16(8-5-2)9-6-3/h5-6,8-13H,2,4,7H2,1,3H3/b9-6-,16-8+. The minimum Gasteiger partial charge on any atom is -0.423 e. The van der Waals surface area contributed by atoms with E-state index in [1.807, 2.05) is 25.1 Å². The molecule has 0 aromatic heterocycles. The van der Waals surface area contributed by atoms with Crippen LogP contribution in [0.5, 0.6) is 0 Å². The summed E-state index contributed by atoms with van der Waals surface area (Å²) in [5, 5.41) is 0. The topological polar surface area (TPSA) is 26.3 Å². The van der Waals surface area contributed by atoms with Crippen molar-refractivity contribution in [2.75, 3.05) is 0 Å². The fourth-order valence-electron chi connectivity index (χ4n) is 1.67. The van der Waals surface area contributed by atoms with Gasteiger partial charge in [0.1, 0.15) is 5.76 Å². The van der Waals surface area contributed by atoms with Gasteiger partial charge in [0.2, 0.25) is 0 Å². The summed E-state index contributed by atoms with van der Waals surface area (Å²) in [5.41, 5.74) is 1.79. The molecule has 0 saturated carbocycles. The van der Waals surface area contributed by atoms with Crippen LogP contribution < -0.4 is 0 Å². The average molecular weight is 256 g/mol. The highest BCUT2D eigenvalue weighted by Crippen LogP contribution is 2.11. The number of aryl methyl sites for hydroxylation is 1. The van der Waals surface area contributed by atoms with Crippen LogP contribution >= 0.6 is 0 Å². The van der Waals surface area contributed by atoms with Crippen molar-refractivity contribution in [3.05, 3.63) is 72.0 Å². The van der Waals surface area contributed by atoms with Crippen LogP contribution in [0.1, 0.15) is 36.2 Å². The Labute approximate surface area is 115 Å². The van der Waals surface area contributed by atoms with Gasteiger partial charge in [0.15, 0.2) is 0 Å². The van der Waals surface area contributed by atoms with E-state index in [1.54, 1.807) is 30.4 Å². The predicted octanol–water partition coefficient (Wildman–Crippen LogP) is 4.44. The molecule has 1 aromatic carbocycles. The Morgan fingerprint density at radius 3 is 2.53 bits per heavy atom. The largest absolute Gasteiger partial charge is 0.423 e. The lowest BCUT2D eigenvalue weighted by atomic mass is 10.1. The minimum absolute atomic E-state index is 0.353. The van der Waals surface area contributed by atoms with E-state index in [2.05, 4.69) is 13.5 Å². The Kier molecular flexibility index (Phi) is 6.37. The zero-order valence-electron chi connectivity index (χ0n) is 11.6. The molecule has 0 amide bonds. The molecule has 100 valence electrons. The summed E-state index contributed by atoms with van der Waals surface area (Å²) < 4.78 is 5.28. The third-order valence-corrected chi connectivity index (χ3v) is 2.55. The second kappa shape index (κ2) is 8.09. The van der Waals surface area contributed by atoms with Gasteiger partial charge >= 0.3 is 5.97 Å². The molecule has 1 aromatic rings. The van der Waals surface area contributed by atoms with Crippen molar-refractivity contribution in [2.45, 2.75) is 26.7 Å². The van der Waals surface area contributed by atoms with Crippen LogP contribution in [-0.2, 0) is 11.2 Å². The highest BCUT2D eigenvalue weighted by Gasteiger charge is 2.08. The Morgan fingerprint density at radius 1 is 1.32 bits per heavy atom. The molecule has 0 aliphatic rings. The van der Waals surface area contributed by atoms with E-state index in [0.717, 1.165) is 12.8 Å². The van der Waals surface area contributed by atoms with Gasteiger partial charge in [-0.2, -0.15) is 0 Å². The van der Waals surface area contributed by atoms with E-state index in [1.165, 1.54) is 5.56 Å². The number of esters is 1. The molecule has 0 unspecified atom stereocenters. The number of hydrogen-bond donors (Lipinski definition) is 0. The number of carbonyl (C=O) groups is 1.